The van der Waals surface area contributed by atoms with Crippen LogP contribution < -0.4 is 0 Å². The maximum absolute atomic E-state index is 10.9. The van der Waals surface area contributed by atoms with Gasteiger partial charge in [-0.2, -0.15) is 0 Å². The molecule has 18 heavy (non-hydrogen) atoms. The Balaban J connectivity index is 1.74. The van der Waals surface area contributed by atoms with E-state index in [9.17, 15) is 4.79 Å². The molecule has 0 saturated heterocycles. The van der Waals surface area contributed by atoms with Crippen LogP contribution in [0.25, 0.3) is 0 Å². The molecule has 2 aliphatic rings. The van der Waals surface area contributed by atoms with E-state index < -0.39 is 5.97 Å². The molecule has 2 aliphatic carbocycles. The molecule has 2 fully saturated rings. The van der Waals surface area contributed by atoms with E-state index in [0.717, 1.165) is 5.92 Å². The molecular formula is C16H20O2. The van der Waals surface area contributed by atoms with Crippen molar-refractivity contribution in [2.45, 2.75) is 50.4 Å². The van der Waals surface area contributed by atoms with Gasteiger partial charge in [-0.1, -0.05) is 30.7 Å². The Morgan fingerprint density at radius 1 is 1.17 bits per heavy atom. The van der Waals surface area contributed by atoms with E-state index in [0.29, 0.717) is 5.92 Å². The lowest BCUT2D eigenvalue weighted by atomic mass is 9.79. The molecule has 0 aliphatic heterocycles. The van der Waals surface area contributed by atoms with Gasteiger partial charge in [-0.25, -0.2) is 0 Å². The summed E-state index contributed by atoms with van der Waals surface area (Å²) in [5, 5.41) is 9.01. The van der Waals surface area contributed by atoms with E-state index in [-0.39, 0.29) is 12.3 Å². The van der Waals surface area contributed by atoms with Crippen LogP contribution in [-0.2, 0) is 4.79 Å². The molecule has 1 N–H and O–H groups in total. The Bertz CT molecular complexity index is 427. The van der Waals surface area contributed by atoms with Crippen LogP contribution in [0.5, 0.6) is 0 Å². The first kappa shape index (κ1) is 11.8. The second-order valence-electron chi connectivity index (χ2n) is 5.84. The largest absolute Gasteiger partial charge is 0.481 e. The minimum atomic E-state index is -0.671. The molecule has 3 rings (SSSR count). The van der Waals surface area contributed by atoms with Crippen LogP contribution in [0.4, 0.5) is 0 Å². The van der Waals surface area contributed by atoms with Crippen molar-refractivity contribution >= 4 is 5.97 Å². The summed E-state index contributed by atoms with van der Waals surface area (Å²) >= 11 is 0. The fourth-order valence-electron chi connectivity index (χ4n) is 3.00. The Morgan fingerprint density at radius 3 is 2.28 bits per heavy atom. The lowest BCUT2D eigenvalue weighted by molar-refractivity contribution is -0.137. The van der Waals surface area contributed by atoms with E-state index in [2.05, 4.69) is 24.3 Å². The highest BCUT2D eigenvalue weighted by Gasteiger charge is 2.33. The first-order valence-corrected chi connectivity index (χ1v) is 7.05. The number of benzene rings is 1. The normalized spacial score (nSPS) is 21.3. The number of rotatable bonds is 5. The van der Waals surface area contributed by atoms with Crippen LogP contribution >= 0.6 is 0 Å². The maximum Gasteiger partial charge on any atom is 0.303 e. The Labute approximate surface area is 108 Å². The van der Waals surface area contributed by atoms with Crippen LogP contribution in [0, 0.1) is 5.92 Å². The first-order valence-electron chi connectivity index (χ1n) is 7.05. The van der Waals surface area contributed by atoms with Gasteiger partial charge in [0.25, 0.3) is 0 Å². The third-order valence-electron chi connectivity index (χ3n) is 4.53. The Morgan fingerprint density at radius 2 is 1.83 bits per heavy atom. The standard InChI is InChI=1S/C16H20O2/c17-16(18)10-15(14-8-9-14)13-6-4-12(5-7-13)11-2-1-3-11/h4-7,11,14-15H,1-3,8-10H2,(H,17,18). The van der Waals surface area contributed by atoms with Gasteiger partial charge in [-0.3, -0.25) is 4.79 Å². The third-order valence-corrected chi connectivity index (χ3v) is 4.53. The Hall–Kier alpha value is -1.31. The van der Waals surface area contributed by atoms with Crippen molar-refractivity contribution < 1.29 is 9.90 Å². The molecule has 0 radical (unpaired) electrons. The average Bonchev–Trinajstić information content (AvgIpc) is 3.08. The van der Waals surface area contributed by atoms with Crippen LogP contribution in [0.1, 0.15) is 61.5 Å². The number of carboxylic acids is 1. The molecular weight excluding hydrogens is 224 g/mol. The molecule has 1 aromatic carbocycles. The molecule has 1 aromatic rings. The van der Waals surface area contributed by atoms with Gasteiger partial charge in [0.1, 0.15) is 0 Å². The van der Waals surface area contributed by atoms with Gasteiger partial charge in [0.05, 0.1) is 6.42 Å². The number of carboxylic acid groups (broad SMARTS) is 1. The summed E-state index contributed by atoms with van der Waals surface area (Å²) in [6.45, 7) is 0. The van der Waals surface area contributed by atoms with E-state index in [1.54, 1.807) is 0 Å². The number of carbonyl (C=O) groups is 1. The summed E-state index contributed by atoms with van der Waals surface area (Å²) in [7, 11) is 0. The molecule has 1 unspecified atom stereocenters. The van der Waals surface area contributed by atoms with Crippen molar-refractivity contribution in [1.29, 1.82) is 0 Å². The summed E-state index contributed by atoms with van der Waals surface area (Å²) in [6, 6.07) is 8.77. The zero-order chi connectivity index (χ0) is 12.5. The van der Waals surface area contributed by atoms with Crippen molar-refractivity contribution in [3.8, 4) is 0 Å². The lowest BCUT2D eigenvalue weighted by Crippen LogP contribution is -2.10. The van der Waals surface area contributed by atoms with Crippen molar-refractivity contribution in [2.24, 2.45) is 5.92 Å². The molecule has 0 heterocycles. The average molecular weight is 244 g/mol. The summed E-state index contributed by atoms with van der Waals surface area (Å²) in [5.74, 6) is 0.932. The number of aliphatic carboxylic acids is 1. The van der Waals surface area contributed by atoms with Crippen molar-refractivity contribution in [3.63, 3.8) is 0 Å². The smallest absolute Gasteiger partial charge is 0.303 e. The zero-order valence-electron chi connectivity index (χ0n) is 10.6. The number of hydrogen-bond acceptors (Lipinski definition) is 1. The topological polar surface area (TPSA) is 37.3 Å². The van der Waals surface area contributed by atoms with E-state index >= 15 is 0 Å². The SMILES string of the molecule is O=C(O)CC(c1ccc(C2CCC2)cc1)C1CC1. The Kier molecular flexibility index (Phi) is 3.11. The molecule has 0 bridgehead atoms. The molecule has 0 amide bonds. The van der Waals surface area contributed by atoms with Gasteiger partial charge in [0, 0.05) is 0 Å². The van der Waals surface area contributed by atoms with Gasteiger partial charge in [-0.05, 0) is 54.6 Å². The monoisotopic (exact) mass is 244 g/mol. The van der Waals surface area contributed by atoms with Crippen molar-refractivity contribution in [1.82, 2.24) is 0 Å². The molecule has 2 nitrogen and oxygen atoms in total. The van der Waals surface area contributed by atoms with Crippen molar-refractivity contribution in [3.05, 3.63) is 35.4 Å². The van der Waals surface area contributed by atoms with Crippen molar-refractivity contribution in [2.75, 3.05) is 0 Å². The summed E-state index contributed by atoms with van der Waals surface area (Å²) in [6.07, 6.45) is 6.68. The van der Waals surface area contributed by atoms with Gasteiger partial charge in [-0.15, -0.1) is 0 Å². The lowest BCUT2D eigenvalue weighted by Gasteiger charge is -2.26. The van der Waals surface area contributed by atoms with Gasteiger partial charge in [0.15, 0.2) is 0 Å². The summed E-state index contributed by atoms with van der Waals surface area (Å²) < 4.78 is 0. The molecule has 0 aromatic heterocycles. The van der Waals surface area contributed by atoms with Gasteiger partial charge in [0.2, 0.25) is 0 Å². The van der Waals surface area contributed by atoms with Crippen LogP contribution in [-0.4, -0.2) is 11.1 Å². The van der Waals surface area contributed by atoms with Crippen LogP contribution in [0.2, 0.25) is 0 Å². The number of hydrogen-bond donors (Lipinski definition) is 1. The fraction of sp³-hybridized carbons (Fsp3) is 0.562. The first-order chi connectivity index (χ1) is 8.74. The predicted octanol–water partition coefficient (Wildman–Crippen LogP) is 3.92. The minimum absolute atomic E-state index is 0.234. The minimum Gasteiger partial charge on any atom is -0.481 e. The second-order valence-corrected chi connectivity index (χ2v) is 5.84. The summed E-state index contributed by atoms with van der Waals surface area (Å²) in [4.78, 5) is 10.9. The highest BCUT2D eigenvalue weighted by atomic mass is 16.4. The zero-order valence-corrected chi connectivity index (χ0v) is 10.6. The quantitative estimate of drug-likeness (QED) is 0.852. The van der Waals surface area contributed by atoms with E-state index in [4.69, 9.17) is 5.11 Å². The fourth-order valence-corrected chi connectivity index (χ4v) is 3.00. The van der Waals surface area contributed by atoms with E-state index in [1.165, 1.54) is 43.2 Å². The van der Waals surface area contributed by atoms with Crippen LogP contribution in [0.15, 0.2) is 24.3 Å². The summed E-state index contributed by atoms with van der Waals surface area (Å²) in [5.41, 5.74) is 2.66. The molecule has 1 atom stereocenters. The third kappa shape index (κ3) is 2.43. The molecule has 2 saturated carbocycles. The second kappa shape index (κ2) is 4.75. The molecule has 2 heteroatoms. The maximum atomic E-state index is 10.9. The van der Waals surface area contributed by atoms with Crippen LogP contribution in [0.3, 0.4) is 0 Å². The highest BCUT2D eigenvalue weighted by molar-refractivity contribution is 5.68. The van der Waals surface area contributed by atoms with Gasteiger partial charge >= 0.3 is 5.97 Å². The van der Waals surface area contributed by atoms with Gasteiger partial charge < -0.3 is 5.11 Å². The molecule has 96 valence electrons. The highest BCUT2D eigenvalue weighted by Crippen LogP contribution is 2.45. The molecule has 0 spiro atoms. The van der Waals surface area contributed by atoms with E-state index in [1.807, 2.05) is 0 Å². The predicted molar refractivity (Wildman–Crippen MR) is 70.8 cm³/mol.